The molecule has 0 saturated heterocycles. The summed E-state index contributed by atoms with van der Waals surface area (Å²) in [5.74, 6) is 0.156. The van der Waals surface area contributed by atoms with E-state index in [2.05, 4.69) is 10.6 Å². The molecule has 0 aromatic carbocycles. The van der Waals surface area contributed by atoms with Gasteiger partial charge in [-0.25, -0.2) is 0 Å². The van der Waals surface area contributed by atoms with E-state index < -0.39 is 4.92 Å². The van der Waals surface area contributed by atoms with Crippen molar-refractivity contribution in [3.63, 3.8) is 0 Å². The molecular formula is C4H8N4O2. The van der Waals surface area contributed by atoms with Gasteiger partial charge >= 0.3 is 0 Å². The molecule has 1 aliphatic heterocycles. The second-order valence-corrected chi connectivity index (χ2v) is 1.90. The van der Waals surface area contributed by atoms with Crippen LogP contribution in [0.1, 0.15) is 0 Å². The fourth-order valence-corrected chi connectivity index (χ4v) is 0.699. The first-order valence-corrected chi connectivity index (χ1v) is 2.79. The largest absolute Gasteiger partial charge is 0.380 e. The summed E-state index contributed by atoms with van der Waals surface area (Å²) >= 11 is 0. The number of nitrogens with zero attached hydrogens (tertiary/aromatic N) is 1. The molecule has 1 heterocycles. The average Bonchev–Trinajstić information content (AvgIpc) is 1.88. The maximum absolute atomic E-state index is 10.2. The third-order valence-corrected chi connectivity index (χ3v) is 1.23. The lowest BCUT2D eigenvalue weighted by atomic mass is 10.4. The monoisotopic (exact) mass is 144 g/mol. The van der Waals surface area contributed by atoms with Crippen molar-refractivity contribution in [2.75, 3.05) is 13.2 Å². The lowest BCUT2D eigenvalue weighted by Gasteiger charge is -2.13. The van der Waals surface area contributed by atoms with E-state index in [0.717, 1.165) is 0 Å². The lowest BCUT2D eigenvalue weighted by Crippen LogP contribution is -2.41. The third-order valence-electron chi connectivity index (χ3n) is 1.23. The van der Waals surface area contributed by atoms with Crippen molar-refractivity contribution in [3.05, 3.63) is 21.6 Å². The molecule has 0 aromatic heterocycles. The molecule has 0 spiro atoms. The van der Waals surface area contributed by atoms with Crippen LogP contribution in [0.4, 0.5) is 0 Å². The van der Waals surface area contributed by atoms with Gasteiger partial charge in [-0.05, 0) is 0 Å². The standard InChI is InChI=1S/C4H8N4O2/c5-4-3(8(9)10)1-6-2-7-4/h6-7H,1-2,5H2. The van der Waals surface area contributed by atoms with Gasteiger partial charge < -0.3 is 11.1 Å². The van der Waals surface area contributed by atoms with Crippen LogP contribution in [0, 0.1) is 10.1 Å². The lowest BCUT2D eigenvalue weighted by molar-refractivity contribution is -0.428. The minimum atomic E-state index is -0.492. The van der Waals surface area contributed by atoms with Crippen molar-refractivity contribution in [3.8, 4) is 0 Å². The Morgan fingerprint density at radius 3 is 2.80 bits per heavy atom. The minimum absolute atomic E-state index is 0.00579. The molecule has 0 atom stereocenters. The van der Waals surface area contributed by atoms with Gasteiger partial charge in [0.25, 0.3) is 5.70 Å². The summed E-state index contributed by atoms with van der Waals surface area (Å²) in [5, 5.41) is 15.5. The van der Waals surface area contributed by atoms with Crippen LogP contribution in [0.5, 0.6) is 0 Å². The second-order valence-electron chi connectivity index (χ2n) is 1.90. The van der Waals surface area contributed by atoms with Crippen LogP contribution in [-0.2, 0) is 0 Å². The molecule has 1 aliphatic rings. The maximum Gasteiger partial charge on any atom is 0.299 e. The maximum atomic E-state index is 10.2. The zero-order valence-electron chi connectivity index (χ0n) is 5.26. The second kappa shape index (κ2) is 2.53. The Hall–Kier alpha value is -1.30. The first kappa shape index (κ1) is 6.81. The number of nitrogens with one attached hydrogen (secondary N) is 2. The van der Waals surface area contributed by atoms with Gasteiger partial charge in [-0.3, -0.25) is 15.4 Å². The fraction of sp³-hybridized carbons (Fsp3) is 0.500. The Morgan fingerprint density at radius 1 is 1.70 bits per heavy atom. The van der Waals surface area contributed by atoms with Crippen LogP contribution in [0.2, 0.25) is 0 Å². The summed E-state index contributed by atoms with van der Waals surface area (Å²) in [6, 6.07) is 0. The van der Waals surface area contributed by atoms with Crippen molar-refractivity contribution < 1.29 is 4.92 Å². The highest BCUT2D eigenvalue weighted by atomic mass is 16.6. The van der Waals surface area contributed by atoms with E-state index in [0.29, 0.717) is 6.67 Å². The number of nitrogens with two attached hydrogens (primary N) is 1. The summed E-state index contributed by atoms with van der Waals surface area (Å²) < 4.78 is 0. The Balaban J connectivity index is 2.78. The average molecular weight is 144 g/mol. The molecule has 0 unspecified atom stereocenters. The summed E-state index contributed by atoms with van der Waals surface area (Å²) in [6.07, 6.45) is 0. The summed E-state index contributed by atoms with van der Waals surface area (Å²) in [7, 11) is 0. The highest BCUT2D eigenvalue weighted by molar-refractivity contribution is 5.05. The van der Waals surface area contributed by atoms with Crippen molar-refractivity contribution in [1.29, 1.82) is 0 Å². The van der Waals surface area contributed by atoms with Crippen LogP contribution in [0.3, 0.4) is 0 Å². The van der Waals surface area contributed by atoms with Gasteiger partial charge in [0, 0.05) is 0 Å². The highest BCUT2D eigenvalue weighted by Crippen LogP contribution is 1.98. The topological polar surface area (TPSA) is 93.2 Å². The summed E-state index contributed by atoms with van der Waals surface area (Å²) in [4.78, 5) is 9.66. The van der Waals surface area contributed by atoms with E-state index >= 15 is 0 Å². The van der Waals surface area contributed by atoms with Crippen LogP contribution in [-0.4, -0.2) is 18.1 Å². The first-order chi connectivity index (χ1) is 4.72. The Bertz CT molecular complexity index is 188. The molecule has 0 saturated carbocycles. The van der Waals surface area contributed by atoms with E-state index in [1.54, 1.807) is 0 Å². The molecule has 0 fully saturated rings. The van der Waals surface area contributed by atoms with Crippen LogP contribution in [0.15, 0.2) is 11.5 Å². The molecule has 0 aliphatic carbocycles. The van der Waals surface area contributed by atoms with Crippen LogP contribution >= 0.6 is 0 Å². The molecule has 0 aromatic rings. The number of hydrogen-bond acceptors (Lipinski definition) is 5. The number of hydrogen-bond donors (Lipinski definition) is 3. The third kappa shape index (κ3) is 1.16. The Labute approximate surface area is 57.2 Å². The van der Waals surface area contributed by atoms with Gasteiger partial charge in [0.05, 0.1) is 18.1 Å². The van der Waals surface area contributed by atoms with Gasteiger partial charge in [0.15, 0.2) is 5.82 Å². The molecule has 10 heavy (non-hydrogen) atoms. The zero-order chi connectivity index (χ0) is 7.56. The quantitative estimate of drug-likeness (QED) is 0.309. The molecular weight excluding hydrogens is 136 g/mol. The van der Waals surface area contributed by atoms with Crippen LogP contribution in [0.25, 0.3) is 0 Å². The SMILES string of the molecule is NC1=C([N+](=O)[O-])CNCN1. The van der Waals surface area contributed by atoms with E-state index in [-0.39, 0.29) is 18.1 Å². The molecule has 0 amide bonds. The van der Waals surface area contributed by atoms with Crippen LogP contribution < -0.4 is 16.4 Å². The van der Waals surface area contributed by atoms with Crippen molar-refractivity contribution in [1.82, 2.24) is 10.6 Å². The molecule has 0 bridgehead atoms. The van der Waals surface area contributed by atoms with Crippen molar-refractivity contribution in [2.45, 2.75) is 0 Å². The van der Waals surface area contributed by atoms with E-state index in [9.17, 15) is 10.1 Å². The summed E-state index contributed by atoms with van der Waals surface area (Å²) in [6.45, 7) is 0.717. The van der Waals surface area contributed by atoms with E-state index in [4.69, 9.17) is 5.73 Å². The molecule has 1 rings (SSSR count). The van der Waals surface area contributed by atoms with Crippen molar-refractivity contribution in [2.24, 2.45) is 5.73 Å². The minimum Gasteiger partial charge on any atom is -0.380 e. The van der Waals surface area contributed by atoms with Gasteiger partial charge in [-0.15, -0.1) is 0 Å². The highest BCUT2D eigenvalue weighted by Gasteiger charge is 2.18. The van der Waals surface area contributed by atoms with Gasteiger partial charge in [0.2, 0.25) is 0 Å². The molecule has 6 heteroatoms. The molecule has 6 nitrogen and oxygen atoms in total. The summed E-state index contributed by atoms with van der Waals surface area (Å²) in [5.41, 5.74) is 5.27. The van der Waals surface area contributed by atoms with Gasteiger partial charge in [-0.1, -0.05) is 0 Å². The van der Waals surface area contributed by atoms with Crippen molar-refractivity contribution >= 4 is 0 Å². The first-order valence-electron chi connectivity index (χ1n) is 2.79. The predicted octanol–water partition coefficient (Wildman–Crippen LogP) is -1.46. The molecule has 56 valence electrons. The zero-order valence-corrected chi connectivity index (χ0v) is 5.26. The predicted molar refractivity (Wildman–Crippen MR) is 34.2 cm³/mol. The Kier molecular flexibility index (Phi) is 1.72. The Morgan fingerprint density at radius 2 is 2.40 bits per heavy atom. The molecule has 4 N–H and O–H groups in total. The number of rotatable bonds is 1. The number of nitro groups is 1. The normalized spacial score (nSPS) is 18.4. The molecule has 0 radical (unpaired) electrons. The fourth-order valence-electron chi connectivity index (χ4n) is 0.699. The van der Waals surface area contributed by atoms with E-state index in [1.165, 1.54) is 0 Å². The smallest absolute Gasteiger partial charge is 0.299 e. The van der Waals surface area contributed by atoms with Gasteiger partial charge in [-0.2, -0.15) is 0 Å². The van der Waals surface area contributed by atoms with E-state index in [1.807, 2.05) is 0 Å². The van der Waals surface area contributed by atoms with Gasteiger partial charge in [0.1, 0.15) is 0 Å².